The van der Waals surface area contributed by atoms with Gasteiger partial charge in [-0.3, -0.25) is 0 Å². The smallest absolute Gasteiger partial charge is 0.0181 e. The van der Waals surface area contributed by atoms with Crippen molar-refractivity contribution in [3.05, 3.63) is 0 Å². The van der Waals surface area contributed by atoms with Crippen molar-refractivity contribution in [3.8, 4) is 0 Å². The molecule has 0 spiro atoms. The molecule has 2 nitrogen and oxygen atoms in total. The van der Waals surface area contributed by atoms with E-state index in [-0.39, 0.29) is 5.54 Å². The van der Waals surface area contributed by atoms with Gasteiger partial charge >= 0.3 is 0 Å². The average molecular weight is 224 g/mol. The van der Waals surface area contributed by atoms with Gasteiger partial charge < -0.3 is 11.1 Å². The molecule has 0 aliphatic heterocycles. The lowest BCUT2D eigenvalue weighted by atomic mass is 9.95. The molecule has 16 heavy (non-hydrogen) atoms. The fraction of sp³-hybridized carbons (Fsp3) is 1.00. The second kappa shape index (κ2) is 3.71. The summed E-state index contributed by atoms with van der Waals surface area (Å²) in [5.74, 6) is 0. The summed E-state index contributed by atoms with van der Waals surface area (Å²) in [6, 6.07) is 0.671. The van der Waals surface area contributed by atoms with Crippen LogP contribution >= 0.6 is 0 Å². The zero-order chi connectivity index (χ0) is 12.0. The Balaban J connectivity index is 1.74. The van der Waals surface area contributed by atoms with E-state index in [4.69, 9.17) is 5.73 Å². The highest BCUT2D eigenvalue weighted by Crippen LogP contribution is 2.62. The van der Waals surface area contributed by atoms with E-state index >= 15 is 0 Å². The fourth-order valence-corrected chi connectivity index (χ4v) is 3.50. The van der Waals surface area contributed by atoms with Crippen LogP contribution in [0.3, 0.4) is 0 Å². The maximum absolute atomic E-state index is 6.36. The SMILES string of the molecule is CC1(C)C(NCCC2(N)CCCC2)C1(C)C. The summed E-state index contributed by atoms with van der Waals surface area (Å²) in [5, 5.41) is 3.71. The monoisotopic (exact) mass is 224 g/mol. The van der Waals surface area contributed by atoms with Gasteiger partial charge in [0.1, 0.15) is 0 Å². The van der Waals surface area contributed by atoms with Crippen LogP contribution in [0.25, 0.3) is 0 Å². The Kier molecular flexibility index (Phi) is 2.87. The van der Waals surface area contributed by atoms with Crippen molar-refractivity contribution >= 4 is 0 Å². The summed E-state index contributed by atoms with van der Waals surface area (Å²) in [6.45, 7) is 10.5. The van der Waals surface area contributed by atoms with Crippen LogP contribution in [0.5, 0.6) is 0 Å². The van der Waals surface area contributed by atoms with Crippen LogP contribution in [0.1, 0.15) is 59.8 Å². The summed E-state index contributed by atoms with van der Waals surface area (Å²) in [6.07, 6.45) is 6.27. The number of nitrogens with one attached hydrogen (secondary N) is 1. The highest BCUT2D eigenvalue weighted by atomic mass is 15.0. The molecule has 0 aromatic rings. The van der Waals surface area contributed by atoms with Gasteiger partial charge in [-0.2, -0.15) is 0 Å². The number of hydrogen-bond acceptors (Lipinski definition) is 2. The van der Waals surface area contributed by atoms with Crippen LogP contribution in [0.4, 0.5) is 0 Å². The summed E-state index contributed by atoms with van der Waals surface area (Å²) in [4.78, 5) is 0. The maximum atomic E-state index is 6.36. The first-order valence-electron chi connectivity index (χ1n) is 6.82. The number of nitrogens with two attached hydrogens (primary N) is 1. The van der Waals surface area contributed by atoms with E-state index in [1.165, 1.54) is 25.7 Å². The van der Waals surface area contributed by atoms with Crippen LogP contribution in [0, 0.1) is 10.8 Å². The van der Waals surface area contributed by atoms with Gasteiger partial charge in [0.15, 0.2) is 0 Å². The first-order chi connectivity index (χ1) is 7.30. The third-order valence-corrected chi connectivity index (χ3v) is 5.59. The summed E-state index contributed by atoms with van der Waals surface area (Å²) in [7, 11) is 0. The van der Waals surface area contributed by atoms with Crippen LogP contribution < -0.4 is 11.1 Å². The lowest BCUT2D eigenvalue weighted by molar-refractivity contribution is 0.385. The van der Waals surface area contributed by atoms with Crippen molar-refractivity contribution in [1.29, 1.82) is 0 Å². The summed E-state index contributed by atoms with van der Waals surface area (Å²) >= 11 is 0. The molecule has 2 saturated carbocycles. The van der Waals surface area contributed by atoms with Gasteiger partial charge in [0.25, 0.3) is 0 Å². The molecule has 0 heterocycles. The molecule has 94 valence electrons. The molecule has 2 rings (SSSR count). The Morgan fingerprint density at radius 2 is 1.56 bits per heavy atom. The lowest BCUT2D eigenvalue weighted by Gasteiger charge is -2.23. The van der Waals surface area contributed by atoms with E-state index in [0.717, 1.165) is 13.0 Å². The first kappa shape index (κ1) is 12.4. The van der Waals surface area contributed by atoms with E-state index < -0.39 is 0 Å². The molecule has 0 radical (unpaired) electrons. The second-order valence-corrected chi connectivity index (χ2v) is 7.15. The van der Waals surface area contributed by atoms with E-state index in [9.17, 15) is 0 Å². The van der Waals surface area contributed by atoms with Crippen molar-refractivity contribution in [3.63, 3.8) is 0 Å². The molecule has 0 saturated heterocycles. The molecular weight excluding hydrogens is 196 g/mol. The zero-order valence-electron chi connectivity index (χ0n) is 11.4. The number of rotatable bonds is 4. The van der Waals surface area contributed by atoms with Gasteiger partial charge in [0, 0.05) is 11.6 Å². The standard InChI is InChI=1S/C14H28N2/c1-12(2)11(13(12,3)4)16-10-9-14(15)7-5-6-8-14/h11,16H,5-10,15H2,1-4H3. The van der Waals surface area contributed by atoms with E-state index in [1.54, 1.807) is 0 Å². The third-order valence-electron chi connectivity index (χ3n) is 5.59. The molecule has 0 bridgehead atoms. The molecule has 0 atom stereocenters. The molecule has 0 unspecified atom stereocenters. The average Bonchev–Trinajstić information content (AvgIpc) is 2.56. The highest BCUT2D eigenvalue weighted by Gasteiger charge is 2.64. The fourth-order valence-electron chi connectivity index (χ4n) is 3.50. The van der Waals surface area contributed by atoms with E-state index in [1.807, 2.05) is 0 Å². The number of hydrogen-bond donors (Lipinski definition) is 2. The predicted octanol–water partition coefficient (Wildman–Crippen LogP) is 2.67. The summed E-state index contributed by atoms with van der Waals surface area (Å²) < 4.78 is 0. The van der Waals surface area contributed by atoms with Gasteiger partial charge in [0.2, 0.25) is 0 Å². The van der Waals surface area contributed by atoms with Crippen molar-refractivity contribution in [2.24, 2.45) is 16.6 Å². The molecule has 2 aliphatic carbocycles. The molecule has 2 fully saturated rings. The largest absolute Gasteiger partial charge is 0.325 e. The van der Waals surface area contributed by atoms with Gasteiger partial charge in [-0.15, -0.1) is 0 Å². The van der Waals surface area contributed by atoms with Crippen LogP contribution in [-0.4, -0.2) is 18.1 Å². The van der Waals surface area contributed by atoms with Gasteiger partial charge in [-0.05, 0) is 36.6 Å². The minimum Gasteiger partial charge on any atom is -0.325 e. The molecule has 3 N–H and O–H groups in total. The Labute approximate surface area is 100 Å². The molecular formula is C14H28N2. The highest BCUT2D eigenvalue weighted by molar-refractivity contribution is 5.17. The lowest BCUT2D eigenvalue weighted by Crippen LogP contribution is -2.40. The maximum Gasteiger partial charge on any atom is 0.0181 e. The molecule has 2 aliphatic rings. The van der Waals surface area contributed by atoms with Crippen molar-refractivity contribution < 1.29 is 0 Å². The first-order valence-corrected chi connectivity index (χ1v) is 6.82. The van der Waals surface area contributed by atoms with Crippen molar-refractivity contribution in [2.45, 2.75) is 71.4 Å². The Morgan fingerprint density at radius 3 is 2.00 bits per heavy atom. The van der Waals surface area contributed by atoms with E-state index in [0.29, 0.717) is 16.9 Å². The minimum absolute atomic E-state index is 0.149. The van der Waals surface area contributed by atoms with Crippen LogP contribution in [0.2, 0.25) is 0 Å². The van der Waals surface area contributed by atoms with Crippen molar-refractivity contribution in [2.75, 3.05) is 6.54 Å². The topological polar surface area (TPSA) is 38.0 Å². The van der Waals surface area contributed by atoms with Crippen molar-refractivity contribution in [1.82, 2.24) is 5.32 Å². The van der Waals surface area contributed by atoms with Gasteiger partial charge in [-0.25, -0.2) is 0 Å². The summed E-state index contributed by atoms with van der Waals surface area (Å²) in [5.41, 5.74) is 7.41. The molecule has 2 heteroatoms. The van der Waals surface area contributed by atoms with Gasteiger partial charge in [-0.1, -0.05) is 40.5 Å². The molecule has 0 amide bonds. The normalized spacial score (nSPS) is 30.6. The Morgan fingerprint density at radius 1 is 1.06 bits per heavy atom. The minimum atomic E-state index is 0.149. The quantitative estimate of drug-likeness (QED) is 0.770. The van der Waals surface area contributed by atoms with Gasteiger partial charge in [0.05, 0.1) is 0 Å². The molecule has 0 aromatic carbocycles. The Hall–Kier alpha value is -0.0800. The predicted molar refractivity (Wildman–Crippen MR) is 69.4 cm³/mol. The van der Waals surface area contributed by atoms with Crippen LogP contribution in [-0.2, 0) is 0 Å². The Bertz CT molecular complexity index is 248. The second-order valence-electron chi connectivity index (χ2n) is 7.15. The zero-order valence-corrected chi connectivity index (χ0v) is 11.4. The van der Waals surface area contributed by atoms with Crippen LogP contribution in [0.15, 0.2) is 0 Å². The van der Waals surface area contributed by atoms with E-state index in [2.05, 4.69) is 33.0 Å². The molecule has 0 aromatic heterocycles. The third kappa shape index (κ3) is 1.91.